The van der Waals surface area contributed by atoms with Crippen LogP contribution in [0.4, 0.5) is 0 Å². The van der Waals surface area contributed by atoms with Gasteiger partial charge in [0.2, 0.25) is 0 Å². The molecule has 0 spiro atoms. The second-order valence-corrected chi connectivity index (χ2v) is 8.32. The molecule has 3 rings (SSSR count). The third kappa shape index (κ3) is 5.96. The van der Waals surface area contributed by atoms with E-state index in [-0.39, 0.29) is 6.10 Å². The van der Waals surface area contributed by atoms with Crippen LogP contribution in [-0.2, 0) is 6.42 Å². The summed E-state index contributed by atoms with van der Waals surface area (Å²) in [6.07, 6.45) is 3.21. The number of hydrogen-bond acceptors (Lipinski definition) is 4. The summed E-state index contributed by atoms with van der Waals surface area (Å²) in [6, 6.07) is 10.1. The van der Waals surface area contributed by atoms with Gasteiger partial charge >= 0.3 is 0 Å². The molecule has 1 fully saturated rings. The molecule has 1 saturated heterocycles. The molecule has 0 bridgehead atoms. The summed E-state index contributed by atoms with van der Waals surface area (Å²) in [5.74, 6) is 2.48. The summed E-state index contributed by atoms with van der Waals surface area (Å²) in [6.45, 7) is 10.1. The van der Waals surface area contributed by atoms with Crippen molar-refractivity contribution < 1.29 is 4.74 Å². The fraction of sp³-hybridized carbons (Fsp3) is 0.545. The summed E-state index contributed by atoms with van der Waals surface area (Å²) < 4.78 is 6.11. The maximum Gasteiger partial charge on any atom is 0.193 e. The van der Waals surface area contributed by atoms with Crippen LogP contribution in [0.1, 0.15) is 50.2 Å². The molecule has 0 atom stereocenters. The SMILES string of the molecule is CCNC(=NCCc1csc(C(C)C)n1)N1CCC(Oc2ccccc2)CC1. The molecule has 2 heterocycles. The summed E-state index contributed by atoms with van der Waals surface area (Å²) in [5, 5.41) is 6.83. The number of nitrogens with one attached hydrogen (secondary N) is 1. The van der Waals surface area contributed by atoms with E-state index in [4.69, 9.17) is 14.7 Å². The Balaban J connectivity index is 1.50. The highest BCUT2D eigenvalue weighted by molar-refractivity contribution is 7.09. The fourth-order valence-electron chi connectivity index (χ4n) is 3.28. The van der Waals surface area contributed by atoms with E-state index >= 15 is 0 Å². The Hall–Kier alpha value is -2.08. The molecular formula is C22H32N4OS. The van der Waals surface area contributed by atoms with Crippen LogP contribution in [0.15, 0.2) is 40.7 Å². The smallest absolute Gasteiger partial charge is 0.193 e. The van der Waals surface area contributed by atoms with Crippen LogP contribution in [-0.4, -0.2) is 48.1 Å². The Bertz CT molecular complexity index is 736. The summed E-state index contributed by atoms with van der Waals surface area (Å²) in [5.41, 5.74) is 1.16. The first kappa shape index (κ1) is 20.6. The largest absolute Gasteiger partial charge is 0.490 e. The van der Waals surface area contributed by atoms with Gasteiger partial charge in [-0.05, 0) is 19.1 Å². The van der Waals surface area contributed by atoms with E-state index in [2.05, 4.69) is 36.4 Å². The number of benzene rings is 1. The van der Waals surface area contributed by atoms with E-state index in [0.717, 1.165) is 62.8 Å². The Morgan fingerprint density at radius 3 is 2.68 bits per heavy atom. The van der Waals surface area contributed by atoms with Gasteiger partial charge in [0.1, 0.15) is 11.9 Å². The number of hydrogen-bond donors (Lipinski definition) is 1. The summed E-state index contributed by atoms with van der Waals surface area (Å²) >= 11 is 1.76. The second-order valence-electron chi connectivity index (χ2n) is 7.43. The van der Waals surface area contributed by atoms with Crippen molar-refractivity contribution in [2.45, 2.75) is 52.1 Å². The Morgan fingerprint density at radius 1 is 1.29 bits per heavy atom. The van der Waals surface area contributed by atoms with Gasteiger partial charge < -0.3 is 15.0 Å². The molecule has 0 unspecified atom stereocenters. The van der Waals surface area contributed by atoms with Crippen LogP contribution in [0.3, 0.4) is 0 Å². The van der Waals surface area contributed by atoms with Crippen molar-refractivity contribution in [1.82, 2.24) is 15.2 Å². The molecule has 28 heavy (non-hydrogen) atoms. The highest BCUT2D eigenvalue weighted by Crippen LogP contribution is 2.20. The molecule has 152 valence electrons. The summed E-state index contributed by atoms with van der Waals surface area (Å²) in [4.78, 5) is 11.9. The number of para-hydroxylation sites is 1. The van der Waals surface area contributed by atoms with Crippen LogP contribution < -0.4 is 10.1 Å². The first-order valence-electron chi connectivity index (χ1n) is 10.3. The Labute approximate surface area is 172 Å². The van der Waals surface area contributed by atoms with Crippen molar-refractivity contribution in [1.29, 1.82) is 0 Å². The molecule has 1 N–H and O–H groups in total. The van der Waals surface area contributed by atoms with Crippen molar-refractivity contribution in [2.75, 3.05) is 26.2 Å². The predicted octanol–water partition coefficient (Wildman–Crippen LogP) is 4.32. The lowest BCUT2D eigenvalue weighted by Crippen LogP contribution is -2.47. The van der Waals surface area contributed by atoms with Crippen molar-refractivity contribution in [3.05, 3.63) is 46.4 Å². The third-order valence-electron chi connectivity index (χ3n) is 4.82. The lowest BCUT2D eigenvalue weighted by atomic mass is 10.1. The normalized spacial score (nSPS) is 15.9. The zero-order chi connectivity index (χ0) is 19.8. The number of guanidine groups is 1. The van der Waals surface area contributed by atoms with Gasteiger partial charge in [0.15, 0.2) is 5.96 Å². The number of piperidine rings is 1. The molecule has 0 aliphatic carbocycles. The van der Waals surface area contributed by atoms with E-state index < -0.39 is 0 Å². The molecule has 1 aliphatic rings. The lowest BCUT2D eigenvalue weighted by Gasteiger charge is -2.34. The second kappa shape index (κ2) is 10.5. The van der Waals surface area contributed by atoms with Gasteiger partial charge in [-0.2, -0.15) is 0 Å². The number of rotatable bonds is 7. The van der Waals surface area contributed by atoms with E-state index in [1.807, 2.05) is 30.3 Å². The molecule has 1 aliphatic heterocycles. The molecule has 0 saturated carbocycles. The van der Waals surface area contributed by atoms with Gasteiger partial charge in [-0.1, -0.05) is 32.0 Å². The van der Waals surface area contributed by atoms with Crippen LogP contribution >= 0.6 is 11.3 Å². The monoisotopic (exact) mass is 400 g/mol. The van der Waals surface area contributed by atoms with Crippen LogP contribution in [0.2, 0.25) is 0 Å². The molecule has 6 heteroatoms. The zero-order valence-corrected chi connectivity index (χ0v) is 18.0. The first-order valence-corrected chi connectivity index (χ1v) is 11.2. The van der Waals surface area contributed by atoms with Gasteiger partial charge in [0.25, 0.3) is 0 Å². The van der Waals surface area contributed by atoms with Crippen LogP contribution in [0.5, 0.6) is 5.75 Å². The molecular weight excluding hydrogens is 368 g/mol. The molecule has 0 radical (unpaired) electrons. The minimum Gasteiger partial charge on any atom is -0.490 e. The van der Waals surface area contributed by atoms with Gasteiger partial charge in [0.05, 0.1) is 10.7 Å². The lowest BCUT2D eigenvalue weighted by molar-refractivity contribution is 0.129. The van der Waals surface area contributed by atoms with Gasteiger partial charge in [0, 0.05) is 56.7 Å². The molecule has 0 amide bonds. The van der Waals surface area contributed by atoms with Crippen LogP contribution in [0, 0.1) is 0 Å². The number of aromatic nitrogens is 1. The predicted molar refractivity (Wildman–Crippen MR) is 118 cm³/mol. The summed E-state index contributed by atoms with van der Waals surface area (Å²) in [7, 11) is 0. The Kier molecular flexibility index (Phi) is 7.71. The van der Waals surface area contributed by atoms with E-state index in [1.54, 1.807) is 11.3 Å². The van der Waals surface area contributed by atoms with Gasteiger partial charge in [-0.25, -0.2) is 4.98 Å². The average molecular weight is 401 g/mol. The minimum absolute atomic E-state index is 0.283. The average Bonchev–Trinajstić information content (AvgIpc) is 3.18. The molecule has 2 aromatic rings. The molecule has 1 aromatic heterocycles. The first-order chi connectivity index (χ1) is 13.7. The molecule has 1 aromatic carbocycles. The van der Waals surface area contributed by atoms with Crippen molar-refractivity contribution >= 4 is 17.3 Å². The molecule has 5 nitrogen and oxygen atoms in total. The number of aliphatic imine (C=N–C) groups is 1. The van der Waals surface area contributed by atoms with Crippen LogP contribution in [0.25, 0.3) is 0 Å². The number of likely N-dealkylation sites (tertiary alicyclic amines) is 1. The van der Waals surface area contributed by atoms with Crippen molar-refractivity contribution in [2.24, 2.45) is 4.99 Å². The third-order valence-corrected chi connectivity index (χ3v) is 6.01. The van der Waals surface area contributed by atoms with E-state index in [0.29, 0.717) is 5.92 Å². The maximum atomic E-state index is 6.11. The number of ether oxygens (including phenoxy) is 1. The minimum atomic E-state index is 0.283. The Morgan fingerprint density at radius 2 is 2.04 bits per heavy atom. The van der Waals surface area contributed by atoms with Crippen molar-refractivity contribution in [3.8, 4) is 5.75 Å². The van der Waals surface area contributed by atoms with Gasteiger partial charge in [-0.3, -0.25) is 4.99 Å². The highest BCUT2D eigenvalue weighted by Gasteiger charge is 2.22. The zero-order valence-electron chi connectivity index (χ0n) is 17.2. The topological polar surface area (TPSA) is 49.8 Å². The standard InChI is InChI=1S/C22H32N4OS/c1-4-23-22(24-13-10-18-16-28-21(25-18)17(2)3)26-14-11-20(12-15-26)27-19-8-6-5-7-9-19/h5-9,16-17,20H,4,10-15H2,1-3H3,(H,23,24). The van der Waals surface area contributed by atoms with E-state index in [9.17, 15) is 0 Å². The number of nitrogens with zero attached hydrogens (tertiary/aromatic N) is 3. The maximum absolute atomic E-state index is 6.11. The van der Waals surface area contributed by atoms with Crippen molar-refractivity contribution in [3.63, 3.8) is 0 Å². The quantitative estimate of drug-likeness (QED) is 0.555. The fourth-order valence-corrected chi connectivity index (χ4v) is 4.15. The highest BCUT2D eigenvalue weighted by atomic mass is 32.1. The number of thiazole rings is 1. The van der Waals surface area contributed by atoms with E-state index in [1.165, 1.54) is 5.01 Å². The van der Waals surface area contributed by atoms with Gasteiger partial charge in [-0.15, -0.1) is 11.3 Å².